The summed E-state index contributed by atoms with van der Waals surface area (Å²) in [4.78, 5) is 0. The molecule has 0 aromatic heterocycles. The van der Waals surface area contributed by atoms with Gasteiger partial charge in [-0.2, -0.15) is 11.8 Å². The molecule has 0 radical (unpaired) electrons. The molecule has 0 aliphatic carbocycles. The highest BCUT2D eigenvalue weighted by atomic mass is 32.2. The molecule has 1 aromatic rings. The van der Waals surface area contributed by atoms with E-state index in [1.54, 1.807) is 7.11 Å². The molecule has 106 valence electrons. The van der Waals surface area contributed by atoms with Crippen LogP contribution in [0.3, 0.4) is 0 Å². The predicted molar refractivity (Wildman–Crippen MR) is 81.9 cm³/mol. The molecule has 1 fully saturated rings. The minimum atomic E-state index is 0.592. The Bertz CT molecular complexity index is 386. The number of anilines is 1. The van der Waals surface area contributed by atoms with Gasteiger partial charge in [0, 0.05) is 24.1 Å². The summed E-state index contributed by atoms with van der Waals surface area (Å²) in [5, 5.41) is 4.33. The maximum atomic E-state index is 5.55. The zero-order chi connectivity index (χ0) is 13.5. The van der Waals surface area contributed by atoms with Crippen molar-refractivity contribution in [1.82, 2.24) is 0 Å². The van der Waals surface area contributed by atoms with Crippen molar-refractivity contribution in [2.45, 2.75) is 31.2 Å². The molecule has 1 aliphatic heterocycles. The molecule has 2 rings (SSSR count). The van der Waals surface area contributed by atoms with Crippen LogP contribution in [0.15, 0.2) is 24.3 Å². The van der Waals surface area contributed by atoms with Gasteiger partial charge >= 0.3 is 0 Å². The number of benzene rings is 1. The van der Waals surface area contributed by atoms with Gasteiger partial charge in [0.25, 0.3) is 0 Å². The monoisotopic (exact) mass is 281 g/mol. The summed E-state index contributed by atoms with van der Waals surface area (Å²) in [6.45, 7) is 4.24. The standard InChI is InChI=1S/C15H23NO2S/c1-12-15(6-9-19-12)16-14-5-3-4-13(10-14)11-18-8-7-17-2/h3-5,10,12,15-16H,6-9,11H2,1-2H3. The molecule has 2 atom stereocenters. The molecule has 2 unspecified atom stereocenters. The van der Waals surface area contributed by atoms with E-state index >= 15 is 0 Å². The van der Waals surface area contributed by atoms with Crippen molar-refractivity contribution in [2.75, 3.05) is 31.4 Å². The van der Waals surface area contributed by atoms with Gasteiger partial charge in [-0.1, -0.05) is 19.1 Å². The molecule has 0 spiro atoms. The van der Waals surface area contributed by atoms with Crippen LogP contribution >= 0.6 is 11.8 Å². The van der Waals surface area contributed by atoms with Crippen molar-refractivity contribution in [3.8, 4) is 0 Å². The molecule has 4 heteroatoms. The third-order valence-electron chi connectivity index (χ3n) is 3.36. The number of ether oxygens (including phenoxy) is 2. The van der Waals surface area contributed by atoms with E-state index in [4.69, 9.17) is 9.47 Å². The molecule has 1 N–H and O–H groups in total. The second-order valence-electron chi connectivity index (χ2n) is 4.86. The Morgan fingerprint density at radius 2 is 2.26 bits per heavy atom. The van der Waals surface area contributed by atoms with Crippen molar-refractivity contribution >= 4 is 17.4 Å². The van der Waals surface area contributed by atoms with Gasteiger partial charge < -0.3 is 14.8 Å². The van der Waals surface area contributed by atoms with E-state index in [-0.39, 0.29) is 0 Å². The third kappa shape index (κ3) is 4.71. The molecule has 19 heavy (non-hydrogen) atoms. The fourth-order valence-corrected chi connectivity index (χ4v) is 3.42. The summed E-state index contributed by atoms with van der Waals surface area (Å²) >= 11 is 2.05. The number of methoxy groups -OCH3 is 1. The number of hydrogen-bond acceptors (Lipinski definition) is 4. The highest BCUT2D eigenvalue weighted by Gasteiger charge is 2.23. The Kier molecular flexibility index (Phi) is 6.01. The smallest absolute Gasteiger partial charge is 0.0718 e. The average molecular weight is 281 g/mol. The normalized spacial score (nSPS) is 22.6. The fourth-order valence-electron chi connectivity index (χ4n) is 2.22. The van der Waals surface area contributed by atoms with E-state index in [0.29, 0.717) is 31.1 Å². The molecule has 0 bridgehead atoms. The molecule has 1 aliphatic rings. The van der Waals surface area contributed by atoms with Gasteiger partial charge in [0.1, 0.15) is 0 Å². The zero-order valence-electron chi connectivity index (χ0n) is 11.7. The van der Waals surface area contributed by atoms with Crippen molar-refractivity contribution in [3.63, 3.8) is 0 Å². The summed E-state index contributed by atoms with van der Waals surface area (Å²) < 4.78 is 10.5. The molecule has 0 amide bonds. The third-order valence-corrected chi connectivity index (χ3v) is 4.68. The first-order valence-electron chi connectivity index (χ1n) is 6.83. The molecular weight excluding hydrogens is 258 g/mol. The summed E-state index contributed by atoms with van der Waals surface area (Å²) in [5.74, 6) is 1.26. The number of thioether (sulfide) groups is 1. The minimum Gasteiger partial charge on any atom is -0.382 e. The Hall–Kier alpha value is -0.710. The lowest BCUT2D eigenvalue weighted by Crippen LogP contribution is -2.24. The first kappa shape index (κ1) is 14.7. The van der Waals surface area contributed by atoms with Crippen molar-refractivity contribution in [1.29, 1.82) is 0 Å². The van der Waals surface area contributed by atoms with E-state index < -0.39 is 0 Å². The largest absolute Gasteiger partial charge is 0.382 e. The summed E-state index contributed by atoms with van der Waals surface area (Å²) in [6, 6.07) is 9.10. The van der Waals surface area contributed by atoms with Gasteiger partial charge in [0.05, 0.1) is 19.8 Å². The van der Waals surface area contributed by atoms with Crippen LogP contribution in [0, 0.1) is 0 Å². The first-order valence-corrected chi connectivity index (χ1v) is 7.88. The maximum absolute atomic E-state index is 5.55. The van der Waals surface area contributed by atoms with E-state index in [1.807, 2.05) is 11.8 Å². The van der Waals surface area contributed by atoms with Gasteiger partial charge in [0.2, 0.25) is 0 Å². The van der Waals surface area contributed by atoms with E-state index in [2.05, 4.69) is 36.5 Å². The lowest BCUT2D eigenvalue weighted by atomic mass is 10.1. The topological polar surface area (TPSA) is 30.5 Å². The Morgan fingerprint density at radius 3 is 3.00 bits per heavy atom. The van der Waals surface area contributed by atoms with E-state index in [9.17, 15) is 0 Å². The van der Waals surface area contributed by atoms with Crippen LogP contribution in [0.25, 0.3) is 0 Å². The van der Waals surface area contributed by atoms with Gasteiger partial charge in [-0.15, -0.1) is 0 Å². The minimum absolute atomic E-state index is 0.592. The van der Waals surface area contributed by atoms with Crippen LogP contribution in [0.2, 0.25) is 0 Å². The Labute approximate surface area is 120 Å². The summed E-state index contributed by atoms with van der Waals surface area (Å²) in [7, 11) is 1.69. The fraction of sp³-hybridized carbons (Fsp3) is 0.600. The number of rotatable bonds is 7. The van der Waals surface area contributed by atoms with E-state index in [1.165, 1.54) is 23.4 Å². The lowest BCUT2D eigenvalue weighted by molar-refractivity contribution is 0.0617. The second kappa shape index (κ2) is 7.78. The average Bonchev–Trinajstić information content (AvgIpc) is 2.81. The molecule has 1 heterocycles. The second-order valence-corrected chi connectivity index (χ2v) is 6.35. The van der Waals surface area contributed by atoms with Crippen LogP contribution in [0.1, 0.15) is 18.9 Å². The molecule has 1 saturated heterocycles. The van der Waals surface area contributed by atoms with Gasteiger partial charge in [0.15, 0.2) is 0 Å². The highest BCUT2D eigenvalue weighted by Crippen LogP contribution is 2.29. The Balaban J connectivity index is 1.84. The van der Waals surface area contributed by atoms with Crippen LogP contribution < -0.4 is 5.32 Å². The maximum Gasteiger partial charge on any atom is 0.0718 e. The zero-order valence-corrected chi connectivity index (χ0v) is 12.5. The van der Waals surface area contributed by atoms with Crippen molar-refractivity contribution < 1.29 is 9.47 Å². The van der Waals surface area contributed by atoms with Gasteiger partial charge in [-0.3, -0.25) is 0 Å². The number of hydrogen-bond donors (Lipinski definition) is 1. The van der Waals surface area contributed by atoms with Gasteiger partial charge in [-0.25, -0.2) is 0 Å². The van der Waals surface area contributed by atoms with Crippen LogP contribution in [0.4, 0.5) is 5.69 Å². The van der Waals surface area contributed by atoms with E-state index in [0.717, 1.165) is 0 Å². The highest BCUT2D eigenvalue weighted by molar-refractivity contribution is 8.00. The SMILES string of the molecule is COCCOCc1cccc(NC2CCSC2C)c1. The summed E-state index contributed by atoms with van der Waals surface area (Å²) in [5.41, 5.74) is 2.41. The quantitative estimate of drug-likeness (QED) is 0.778. The predicted octanol–water partition coefficient (Wildman–Crippen LogP) is 3.16. The molecule has 1 aromatic carbocycles. The molecular formula is C15H23NO2S. The van der Waals surface area contributed by atoms with Crippen LogP contribution in [-0.2, 0) is 16.1 Å². The van der Waals surface area contributed by atoms with Gasteiger partial charge in [-0.05, 0) is 29.9 Å². The molecule has 3 nitrogen and oxygen atoms in total. The lowest BCUT2D eigenvalue weighted by Gasteiger charge is -2.18. The Morgan fingerprint density at radius 1 is 1.37 bits per heavy atom. The van der Waals surface area contributed by atoms with Crippen molar-refractivity contribution in [3.05, 3.63) is 29.8 Å². The van der Waals surface area contributed by atoms with Crippen LogP contribution in [0.5, 0.6) is 0 Å². The first-order chi connectivity index (χ1) is 9.29. The van der Waals surface area contributed by atoms with Crippen molar-refractivity contribution in [2.24, 2.45) is 0 Å². The van der Waals surface area contributed by atoms with Crippen LogP contribution in [-0.4, -0.2) is 37.4 Å². The number of nitrogens with one attached hydrogen (secondary N) is 1. The summed E-state index contributed by atoms with van der Waals surface area (Å²) in [6.07, 6.45) is 1.25. The molecule has 0 saturated carbocycles.